The van der Waals surface area contributed by atoms with Gasteiger partial charge < -0.3 is 9.64 Å². The van der Waals surface area contributed by atoms with Crippen LogP contribution in [0.1, 0.15) is 42.4 Å². The van der Waals surface area contributed by atoms with Gasteiger partial charge in [-0.15, -0.1) is 5.10 Å². The van der Waals surface area contributed by atoms with E-state index in [0.717, 1.165) is 12.8 Å². The fraction of sp³-hybridized carbons (Fsp3) is 0.438. The number of ether oxygens (including phenoxy) is 1. The quantitative estimate of drug-likeness (QED) is 0.731. The number of benzene rings is 1. The van der Waals surface area contributed by atoms with E-state index in [1.807, 2.05) is 6.92 Å². The highest BCUT2D eigenvalue weighted by atomic mass is 35.5. The molecule has 1 fully saturated rings. The van der Waals surface area contributed by atoms with Crippen molar-refractivity contribution in [2.45, 2.75) is 39.3 Å². The van der Waals surface area contributed by atoms with Gasteiger partial charge in [0.25, 0.3) is 0 Å². The van der Waals surface area contributed by atoms with Gasteiger partial charge in [0, 0.05) is 19.5 Å². The van der Waals surface area contributed by atoms with Gasteiger partial charge in [-0.25, -0.2) is 9.48 Å². The standard InChI is InChI=1S/C16H18ClN5O3/c1-2-7-22-14(18-19-20-22)10-25-16(24)11-5-6-12(17)13(9-11)21-8-3-4-15(21)23/h5-6,9H,2-4,7-8,10H2,1H3. The van der Waals surface area contributed by atoms with Crippen LogP contribution in [-0.2, 0) is 22.7 Å². The second-order valence-corrected chi connectivity index (χ2v) is 6.12. The van der Waals surface area contributed by atoms with Crippen LogP contribution >= 0.6 is 11.6 Å². The Hall–Kier alpha value is -2.48. The molecule has 1 saturated heterocycles. The van der Waals surface area contributed by atoms with Crippen LogP contribution in [-0.4, -0.2) is 38.6 Å². The first kappa shape index (κ1) is 17.3. The molecular weight excluding hydrogens is 346 g/mol. The highest BCUT2D eigenvalue weighted by Crippen LogP contribution is 2.30. The molecule has 0 aliphatic carbocycles. The zero-order valence-electron chi connectivity index (χ0n) is 13.8. The van der Waals surface area contributed by atoms with Gasteiger partial charge in [-0.2, -0.15) is 0 Å². The van der Waals surface area contributed by atoms with E-state index in [2.05, 4.69) is 15.5 Å². The fourth-order valence-corrected chi connectivity index (χ4v) is 2.89. The molecule has 0 spiro atoms. The summed E-state index contributed by atoms with van der Waals surface area (Å²) in [5, 5.41) is 11.7. The molecule has 2 aromatic rings. The Balaban J connectivity index is 1.72. The summed E-state index contributed by atoms with van der Waals surface area (Å²) in [6.45, 7) is 3.24. The van der Waals surface area contributed by atoms with Crippen molar-refractivity contribution < 1.29 is 14.3 Å². The number of esters is 1. The lowest BCUT2D eigenvalue weighted by atomic mass is 10.2. The molecule has 9 heteroatoms. The molecule has 0 unspecified atom stereocenters. The molecule has 0 N–H and O–H groups in total. The van der Waals surface area contributed by atoms with E-state index >= 15 is 0 Å². The Labute approximate surface area is 149 Å². The Morgan fingerprint density at radius 2 is 2.24 bits per heavy atom. The highest BCUT2D eigenvalue weighted by molar-refractivity contribution is 6.34. The largest absolute Gasteiger partial charge is 0.454 e. The number of rotatable bonds is 6. The highest BCUT2D eigenvalue weighted by Gasteiger charge is 2.24. The molecule has 8 nitrogen and oxygen atoms in total. The summed E-state index contributed by atoms with van der Waals surface area (Å²) in [6, 6.07) is 4.76. The summed E-state index contributed by atoms with van der Waals surface area (Å²) in [7, 11) is 0. The zero-order valence-corrected chi connectivity index (χ0v) is 14.6. The van der Waals surface area contributed by atoms with Crippen LogP contribution in [0.25, 0.3) is 0 Å². The second-order valence-electron chi connectivity index (χ2n) is 5.71. The number of hydrogen-bond donors (Lipinski definition) is 0. The minimum absolute atomic E-state index is 0.00570. The van der Waals surface area contributed by atoms with E-state index in [-0.39, 0.29) is 12.5 Å². The first-order chi connectivity index (χ1) is 12.1. The smallest absolute Gasteiger partial charge is 0.338 e. The topological polar surface area (TPSA) is 90.2 Å². The molecule has 0 saturated carbocycles. The molecule has 0 atom stereocenters. The maximum absolute atomic E-state index is 12.3. The maximum atomic E-state index is 12.3. The minimum atomic E-state index is -0.518. The first-order valence-corrected chi connectivity index (χ1v) is 8.50. The number of nitrogens with zero attached hydrogens (tertiary/aromatic N) is 5. The number of aryl methyl sites for hydroxylation is 1. The molecule has 1 aliphatic rings. The summed E-state index contributed by atoms with van der Waals surface area (Å²) < 4.78 is 6.90. The SMILES string of the molecule is CCCn1nnnc1COC(=O)c1ccc(Cl)c(N2CCCC2=O)c1. The molecule has 3 rings (SSSR count). The van der Waals surface area contributed by atoms with Crippen molar-refractivity contribution in [2.24, 2.45) is 0 Å². The number of aromatic nitrogens is 4. The Morgan fingerprint density at radius 3 is 2.96 bits per heavy atom. The van der Waals surface area contributed by atoms with Gasteiger partial charge in [0.15, 0.2) is 12.4 Å². The molecule has 0 bridgehead atoms. The second kappa shape index (κ2) is 7.60. The summed E-state index contributed by atoms with van der Waals surface area (Å²) in [4.78, 5) is 25.8. The van der Waals surface area contributed by atoms with Crippen molar-refractivity contribution in [3.05, 3.63) is 34.6 Å². The number of halogens is 1. The number of hydrogen-bond acceptors (Lipinski definition) is 6. The molecule has 25 heavy (non-hydrogen) atoms. The van der Waals surface area contributed by atoms with E-state index in [4.69, 9.17) is 16.3 Å². The summed E-state index contributed by atoms with van der Waals surface area (Å²) in [6.07, 6.45) is 2.14. The molecule has 1 aliphatic heterocycles. The molecule has 1 amide bonds. The summed E-state index contributed by atoms with van der Waals surface area (Å²) in [5.74, 6) is -0.0270. The van der Waals surface area contributed by atoms with Crippen LogP contribution < -0.4 is 4.90 Å². The number of carbonyl (C=O) groups excluding carboxylic acids is 2. The lowest BCUT2D eigenvalue weighted by Gasteiger charge is -2.18. The number of carbonyl (C=O) groups is 2. The van der Waals surface area contributed by atoms with Gasteiger partial charge in [0.1, 0.15) is 0 Å². The van der Waals surface area contributed by atoms with Crippen LogP contribution in [0.5, 0.6) is 0 Å². The first-order valence-electron chi connectivity index (χ1n) is 8.12. The lowest BCUT2D eigenvalue weighted by Crippen LogP contribution is -2.24. The molecule has 2 heterocycles. The zero-order chi connectivity index (χ0) is 17.8. The van der Waals surface area contributed by atoms with E-state index in [1.54, 1.807) is 27.8 Å². The fourth-order valence-electron chi connectivity index (χ4n) is 2.67. The molecule has 0 radical (unpaired) electrons. The molecular formula is C16H18ClN5O3. The molecule has 132 valence electrons. The Bertz CT molecular complexity index is 792. The van der Waals surface area contributed by atoms with Gasteiger partial charge >= 0.3 is 5.97 Å². The van der Waals surface area contributed by atoms with Crippen molar-refractivity contribution in [1.82, 2.24) is 20.2 Å². The van der Waals surface area contributed by atoms with Gasteiger partial charge in [-0.1, -0.05) is 18.5 Å². The molecule has 1 aromatic heterocycles. The van der Waals surface area contributed by atoms with E-state index in [0.29, 0.717) is 41.6 Å². The number of anilines is 1. The van der Waals surface area contributed by atoms with E-state index < -0.39 is 5.97 Å². The number of amides is 1. The maximum Gasteiger partial charge on any atom is 0.338 e. The monoisotopic (exact) mass is 363 g/mol. The van der Waals surface area contributed by atoms with Crippen LogP contribution in [0.3, 0.4) is 0 Å². The average Bonchev–Trinajstić information content (AvgIpc) is 3.22. The predicted octanol–water partition coefficient (Wildman–Crippen LogP) is 2.22. The van der Waals surface area contributed by atoms with Gasteiger partial charge in [0.05, 0.1) is 16.3 Å². The van der Waals surface area contributed by atoms with Crippen LogP contribution in [0.15, 0.2) is 18.2 Å². The molecule has 1 aromatic carbocycles. The lowest BCUT2D eigenvalue weighted by molar-refractivity contribution is -0.117. The van der Waals surface area contributed by atoms with Gasteiger partial charge in [0.2, 0.25) is 5.91 Å². The van der Waals surface area contributed by atoms with Gasteiger partial charge in [-0.05, 0) is 41.5 Å². The third kappa shape index (κ3) is 3.79. The van der Waals surface area contributed by atoms with Crippen LogP contribution in [0, 0.1) is 0 Å². The Morgan fingerprint density at radius 1 is 1.40 bits per heavy atom. The number of tetrazole rings is 1. The van der Waals surface area contributed by atoms with Crippen molar-refractivity contribution in [3.63, 3.8) is 0 Å². The normalized spacial score (nSPS) is 14.2. The van der Waals surface area contributed by atoms with Crippen molar-refractivity contribution in [2.75, 3.05) is 11.4 Å². The predicted molar refractivity (Wildman–Crippen MR) is 90.3 cm³/mol. The van der Waals surface area contributed by atoms with E-state index in [9.17, 15) is 9.59 Å². The average molecular weight is 364 g/mol. The summed E-state index contributed by atoms with van der Waals surface area (Å²) >= 11 is 6.18. The Kier molecular flexibility index (Phi) is 5.28. The van der Waals surface area contributed by atoms with Gasteiger partial charge in [-0.3, -0.25) is 4.79 Å². The van der Waals surface area contributed by atoms with Crippen LogP contribution in [0.4, 0.5) is 5.69 Å². The summed E-state index contributed by atoms with van der Waals surface area (Å²) in [5.41, 5.74) is 0.864. The van der Waals surface area contributed by atoms with E-state index in [1.165, 1.54) is 0 Å². The minimum Gasteiger partial charge on any atom is -0.454 e. The van der Waals surface area contributed by atoms with Crippen molar-refractivity contribution >= 4 is 29.2 Å². The van der Waals surface area contributed by atoms with Crippen LogP contribution in [0.2, 0.25) is 5.02 Å². The third-order valence-corrected chi connectivity index (χ3v) is 4.24. The third-order valence-electron chi connectivity index (χ3n) is 3.92. The van der Waals surface area contributed by atoms with Crippen molar-refractivity contribution in [1.29, 1.82) is 0 Å². The van der Waals surface area contributed by atoms with Crippen molar-refractivity contribution in [3.8, 4) is 0 Å².